The fourth-order valence-electron chi connectivity index (χ4n) is 3.69. The van der Waals surface area contributed by atoms with Gasteiger partial charge in [0.1, 0.15) is 5.82 Å². The third-order valence-electron chi connectivity index (χ3n) is 5.26. The summed E-state index contributed by atoms with van der Waals surface area (Å²) in [6.07, 6.45) is 4.10. The quantitative estimate of drug-likeness (QED) is 0.900. The monoisotopic (exact) mass is 334 g/mol. The molecule has 4 nitrogen and oxygen atoms in total. The minimum atomic E-state index is -0.223. The lowest BCUT2D eigenvalue weighted by Gasteiger charge is -2.35. The fraction of sp³-hybridized carbons (Fsp3) is 0.632. The standard InChI is InChI=1S/C19H27FN2O2/c1-14(16-9-11-24-13-16)21-19(23)18-4-2-3-10-22(18)12-15-5-7-17(20)8-6-15/h5-8,14,16,18H,2-4,9-13H2,1H3,(H,21,23). The van der Waals surface area contributed by atoms with E-state index in [0.29, 0.717) is 12.5 Å². The Balaban J connectivity index is 1.60. The first-order valence-corrected chi connectivity index (χ1v) is 9.00. The van der Waals surface area contributed by atoms with Crippen molar-refractivity contribution in [3.63, 3.8) is 0 Å². The van der Waals surface area contributed by atoms with Gasteiger partial charge in [-0.15, -0.1) is 0 Å². The number of ether oxygens (including phenoxy) is 1. The molecule has 24 heavy (non-hydrogen) atoms. The van der Waals surface area contributed by atoms with Crippen LogP contribution in [0.1, 0.15) is 38.2 Å². The number of benzene rings is 1. The molecular formula is C19H27FN2O2. The van der Waals surface area contributed by atoms with Crippen LogP contribution in [-0.2, 0) is 16.1 Å². The number of hydrogen-bond donors (Lipinski definition) is 1. The summed E-state index contributed by atoms with van der Waals surface area (Å²) in [4.78, 5) is 15.0. The first kappa shape index (κ1) is 17.4. The lowest BCUT2D eigenvalue weighted by molar-refractivity contribution is -0.128. The van der Waals surface area contributed by atoms with Crippen LogP contribution in [0.25, 0.3) is 0 Å². The molecule has 2 aliphatic heterocycles. The highest BCUT2D eigenvalue weighted by molar-refractivity contribution is 5.82. The van der Waals surface area contributed by atoms with Gasteiger partial charge in [-0.3, -0.25) is 9.69 Å². The zero-order chi connectivity index (χ0) is 16.9. The zero-order valence-electron chi connectivity index (χ0n) is 14.3. The highest BCUT2D eigenvalue weighted by Crippen LogP contribution is 2.22. The summed E-state index contributed by atoms with van der Waals surface area (Å²) in [5.41, 5.74) is 1.05. The number of piperidine rings is 1. The number of halogens is 1. The van der Waals surface area contributed by atoms with E-state index < -0.39 is 0 Å². The van der Waals surface area contributed by atoms with Crippen LogP contribution in [0.15, 0.2) is 24.3 Å². The molecule has 3 atom stereocenters. The molecule has 0 saturated carbocycles. The normalized spacial score (nSPS) is 26.2. The second kappa shape index (κ2) is 8.08. The molecule has 1 aromatic carbocycles. The van der Waals surface area contributed by atoms with Crippen molar-refractivity contribution in [2.24, 2.45) is 5.92 Å². The average Bonchev–Trinajstić information content (AvgIpc) is 3.12. The topological polar surface area (TPSA) is 41.6 Å². The van der Waals surface area contributed by atoms with E-state index in [-0.39, 0.29) is 23.8 Å². The van der Waals surface area contributed by atoms with Gasteiger partial charge in [-0.1, -0.05) is 18.6 Å². The number of amides is 1. The van der Waals surface area contributed by atoms with Crippen molar-refractivity contribution in [3.05, 3.63) is 35.6 Å². The van der Waals surface area contributed by atoms with Gasteiger partial charge >= 0.3 is 0 Å². The molecule has 2 fully saturated rings. The van der Waals surface area contributed by atoms with E-state index in [9.17, 15) is 9.18 Å². The highest BCUT2D eigenvalue weighted by Gasteiger charge is 2.31. The summed E-state index contributed by atoms with van der Waals surface area (Å²) in [6.45, 7) is 5.22. The minimum Gasteiger partial charge on any atom is -0.381 e. The second-order valence-corrected chi connectivity index (χ2v) is 7.03. The van der Waals surface area contributed by atoms with Crippen molar-refractivity contribution in [1.29, 1.82) is 0 Å². The Morgan fingerprint density at radius 2 is 2.12 bits per heavy atom. The van der Waals surface area contributed by atoms with Crippen LogP contribution in [0.4, 0.5) is 4.39 Å². The number of nitrogens with one attached hydrogen (secondary N) is 1. The largest absolute Gasteiger partial charge is 0.381 e. The molecular weight excluding hydrogens is 307 g/mol. The Hall–Kier alpha value is -1.46. The van der Waals surface area contributed by atoms with Crippen molar-refractivity contribution in [2.75, 3.05) is 19.8 Å². The lowest BCUT2D eigenvalue weighted by Crippen LogP contribution is -2.52. The van der Waals surface area contributed by atoms with Gasteiger partial charge in [-0.25, -0.2) is 4.39 Å². The maximum atomic E-state index is 13.1. The number of nitrogens with zero attached hydrogens (tertiary/aromatic N) is 1. The zero-order valence-corrected chi connectivity index (χ0v) is 14.3. The van der Waals surface area contributed by atoms with E-state index in [2.05, 4.69) is 17.1 Å². The molecule has 0 radical (unpaired) electrons. The lowest BCUT2D eigenvalue weighted by atomic mass is 9.97. The van der Waals surface area contributed by atoms with Crippen LogP contribution in [0, 0.1) is 11.7 Å². The molecule has 3 rings (SSSR count). The van der Waals surface area contributed by atoms with Gasteiger partial charge in [0, 0.05) is 25.1 Å². The Kier molecular flexibility index (Phi) is 5.85. The van der Waals surface area contributed by atoms with Gasteiger partial charge in [0.15, 0.2) is 0 Å². The van der Waals surface area contributed by atoms with Crippen LogP contribution >= 0.6 is 0 Å². The van der Waals surface area contributed by atoms with Crippen LogP contribution in [0.5, 0.6) is 0 Å². The first-order valence-electron chi connectivity index (χ1n) is 9.00. The van der Waals surface area contributed by atoms with Crippen LogP contribution in [-0.4, -0.2) is 42.6 Å². The van der Waals surface area contributed by atoms with Gasteiger partial charge in [0.2, 0.25) is 5.91 Å². The predicted octanol–water partition coefficient (Wildman–Crippen LogP) is 2.72. The molecule has 2 heterocycles. The van der Waals surface area contributed by atoms with Crippen LogP contribution in [0.2, 0.25) is 0 Å². The number of hydrogen-bond acceptors (Lipinski definition) is 3. The molecule has 0 aromatic heterocycles. The fourth-order valence-corrected chi connectivity index (χ4v) is 3.69. The third-order valence-corrected chi connectivity index (χ3v) is 5.26. The Morgan fingerprint density at radius 1 is 1.33 bits per heavy atom. The highest BCUT2D eigenvalue weighted by atomic mass is 19.1. The van der Waals surface area contributed by atoms with Gasteiger partial charge < -0.3 is 10.1 Å². The molecule has 1 N–H and O–H groups in total. The second-order valence-electron chi connectivity index (χ2n) is 7.03. The summed E-state index contributed by atoms with van der Waals surface area (Å²) in [6, 6.07) is 6.63. The number of carbonyl (C=O) groups excluding carboxylic acids is 1. The smallest absolute Gasteiger partial charge is 0.237 e. The van der Waals surface area contributed by atoms with E-state index in [4.69, 9.17) is 4.74 Å². The maximum Gasteiger partial charge on any atom is 0.237 e. The average molecular weight is 334 g/mol. The molecule has 0 spiro atoms. The SMILES string of the molecule is CC(NC(=O)C1CCCCN1Cc1ccc(F)cc1)C1CCOC1. The molecule has 132 valence electrons. The third kappa shape index (κ3) is 4.33. The number of likely N-dealkylation sites (tertiary alicyclic amines) is 1. The molecule has 5 heteroatoms. The van der Waals surface area contributed by atoms with Crippen molar-refractivity contribution < 1.29 is 13.9 Å². The molecule has 0 aliphatic carbocycles. The maximum absolute atomic E-state index is 13.1. The van der Waals surface area contributed by atoms with Crippen molar-refractivity contribution >= 4 is 5.91 Å². The van der Waals surface area contributed by atoms with E-state index in [1.807, 2.05) is 0 Å². The van der Waals surface area contributed by atoms with Gasteiger partial charge in [0.25, 0.3) is 0 Å². The Morgan fingerprint density at radius 3 is 2.83 bits per heavy atom. The molecule has 2 saturated heterocycles. The van der Waals surface area contributed by atoms with Crippen LogP contribution < -0.4 is 5.32 Å². The summed E-state index contributed by atoms with van der Waals surface area (Å²) in [5.74, 6) is 0.318. The summed E-state index contributed by atoms with van der Waals surface area (Å²) in [7, 11) is 0. The molecule has 1 aromatic rings. The van der Waals surface area contributed by atoms with Gasteiger partial charge in [-0.05, 0) is 50.4 Å². The van der Waals surface area contributed by atoms with Crippen molar-refractivity contribution in [1.82, 2.24) is 10.2 Å². The first-order chi connectivity index (χ1) is 11.6. The number of carbonyl (C=O) groups is 1. The molecule has 2 aliphatic rings. The number of rotatable bonds is 5. The van der Waals surface area contributed by atoms with Crippen molar-refractivity contribution in [3.8, 4) is 0 Å². The Bertz CT molecular complexity index is 543. The molecule has 3 unspecified atom stereocenters. The summed E-state index contributed by atoms with van der Waals surface area (Å²) in [5, 5.41) is 3.20. The van der Waals surface area contributed by atoms with Gasteiger partial charge in [-0.2, -0.15) is 0 Å². The predicted molar refractivity (Wildman–Crippen MR) is 91.0 cm³/mol. The Labute approximate surface area is 143 Å². The summed E-state index contributed by atoms with van der Waals surface area (Å²) < 4.78 is 18.5. The van der Waals surface area contributed by atoms with Crippen LogP contribution in [0.3, 0.4) is 0 Å². The van der Waals surface area contributed by atoms with E-state index in [1.54, 1.807) is 12.1 Å². The van der Waals surface area contributed by atoms with Gasteiger partial charge in [0.05, 0.1) is 12.6 Å². The van der Waals surface area contributed by atoms with Crippen molar-refractivity contribution in [2.45, 2.75) is 51.2 Å². The summed E-state index contributed by atoms with van der Waals surface area (Å²) >= 11 is 0. The van der Waals surface area contributed by atoms with E-state index in [1.165, 1.54) is 12.1 Å². The molecule has 1 amide bonds. The van der Waals surface area contributed by atoms with E-state index in [0.717, 1.165) is 51.0 Å². The minimum absolute atomic E-state index is 0.0893. The van der Waals surface area contributed by atoms with E-state index >= 15 is 0 Å². The molecule has 0 bridgehead atoms.